The van der Waals surface area contributed by atoms with Gasteiger partial charge in [-0.15, -0.1) is 0 Å². The first kappa shape index (κ1) is 16.5. The molecule has 4 nitrogen and oxygen atoms in total. The van der Waals surface area contributed by atoms with E-state index in [4.69, 9.17) is 4.74 Å². The van der Waals surface area contributed by atoms with Crippen LogP contribution in [0.1, 0.15) is 30.9 Å². The monoisotopic (exact) mass is 323 g/mol. The Morgan fingerprint density at radius 1 is 1.12 bits per heavy atom. The molecule has 0 bridgehead atoms. The largest absolute Gasteiger partial charge is 0.494 e. The number of likely N-dealkylation sites (tertiary alicyclic amines) is 1. The van der Waals surface area contributed by atoms with Crippen LogP contribution in [0.3, 0.4) is 0 Å². The molecule has 1 aliphatic rings. The van der Waals surface area contributed by atoms with Crippen molar-refractivity contribution < 1.29 is 4.74 Å². The number of hydrogen-bond donors (Lipinski definition) is 1. The van der Waals surface area contributed by atoms with E-state index < -0.39 is 0 Å². The number of hydrogen-bond acceptors (Lipinski definition) is 4. The molecular formula is C20H25N3O. The number of benzene rings is 2. The fourth-order valence-electron chi connectivity index (χ4n) is 2.98. The molecule has 4 heteroatoms. The van der Waals surface area contributed by atoms with Gasteiger partial charge in [-0.2, -0.15) is 5.10 Å². The molecule has 3 rings (SSSR count). The molecule has 0 spiro atoms. The summed E-state index contributed by atoms with van der Waals surface area (Å²) in [6.07, 6.45) is 4.45. The van der Waals surface area contributed by atoms with E-state index in [2.05, 4.69) is 33.6 Å². The number of para-hydroxylation sites is 1. The van der Waals surface area contributed by atoms with E-state index in [1.165, 1.54) is 31.5 Å². The Bertz CT molecular complexity index is 664. The number of nitrogens with one attached hydrogen (secondary N) is 1. The zero-order chi connectivity index (χ0) is 16.6. The molecule has 1 N–H and O–H groups in total. The molecule has 0 amide bonds. The second-order valence-corrected chi connectivity index (χ2v) is 6.02. The molecule has 1 aliphatic heterocycles. The zero-order valence-corrected chi connectivity index (χ0v) is 14.2. The van der Waals surface area contributed by atoms with Crippen molar-refractivity contribution in [2.45, 2.75) is 26.3 Å². The maximum Gasteiger partial charge on any atom is 0.123 e. The third-order valence-corrected chi connectivity index (χ3v) is 4.16. The van der Waals surface area contributed by atoms with Crippen molar-refractivity contribution in [1.29, 1.82) is 0 Å². The molecule has 24 heavy (non-hydrogen) atoms. The van der Waals surface area contributed by atoms with E-state index in [-0.39, 0.29) is 0 Å². The minimum absolute atomic E-state index is 0.690. The van der Waals surface area contributed by atoms with Gasteiger partial charge >= 0.3 is 0 Å². The summed E-state index contributed by atoms with van der Waals surface area (Å²) in [6.45, 7) is 6.02. The van der Waals surface area contributed by atoms with E-state index in [0.29, 0.717) is 6.61 Å². The highest BCUT2D eigenvalue weighted by Gasteiger charge is 2.14. The van der Waals surface area contributed by atoms with Crippen LogP contribution in [-0.2, 0) is 6.54 Å². The van der Waals surface area contributed by atoms with Gasteiger partial charge in [-0.3, -0.25) is 10.3 Å². The van der Waals surface area contributed by atoms with Crippen molar-refractivity contribution in [3.8, 4) is 5.75 Å². The predicted molar refractivity (Wildman–Crippen MR) is 99.8 cm³/mol. The highest BCUT2D eigenvalue weighted by Crippen LogP contribution is 2.23. The molecule has 2 aromatic carbocycles. The molecular weight excluding hydrogens is 298 g/mol. The lowest BCUT2D eigenvalue weighted by molar-refractivity contribution is 0.305. The normalized spacial score (nSPS) is 15.0. The standard InChI is InChI=1S/C20H25N3O/c1-2-24-20-11-10-17(14-18(20)16-23-12-6-7-13-23)15-21-22-19-8-4-3-5-9-19/h3-5,8-11,14-15,22H,2,6-7,12-13,16H2,1H3. The van der Waals surface area contributed by atoms with E-state index in [9.17, 15) is 0 Å². The van der Waals surface area contributed by atoms with Gasteiger partial charge < -0.3 is 4.74 Å². The van der Waals surface area contributed by atoms with Crippen molar-refractivity contribution in [2.75, 3.05) is 25.1 Å². The number of ether oxygens (including phenoxy) is 1. The minimum Gasteiger partial charge on any atom is -0.494 e. The maximum absolute atomic E-state index is 5.79. The molecule has 1 saturated heterocycles. The van der Waals surface area contributed by atoms with Crippen LogP contribution in [0.2, 0.25) is 0 Å². The van der Waals surface area contributed by atoms with Gasteiger partial charge in [0.1, 0.15) is 5.75 Å². The van der Waals surface area contributed by atoms with E-state index in [1.807, 2.05) is 43.5 Å². The molecule has 1 heterocycles. The van der Waals surface area contributed by atoms with Crippen molar-refractivity contribution in [2.24, 2.45) is 5.10 Å². The summed E-state index contributed by atoms with van der Waals surface area (Å²) < 4.78 is 5.79. The first-order chi connectivity index (χ1) is 11.8. The van der Waals surface area contributed by atoms with E-state index >= 15 is 0 Å². The lowest BCUT2D eigenvalue weighted by atomic mass is 10.1. The van der Waals surface area contributed by atoms with Crippen LogP contribution >= 0.6 is 0 Å². The topological polar surface area (TPSA) is 36.9 Å². The van der Waals surface area contributed by atoms with Crippen LogP contribution in [0.4, 0.5) is 5.69 Å². The smallest absolute Gasteiger partial charge is 0.123 e. The van der Waals surface area contributed by atoms with Crippen LogP contribution in [0.15, 0.2) is 53.6 Å². The molecule has 1 fully saturated rings. The van der Waals surface area contributed by atoms with Gasteiger partial charge in [0, 0.05) is 12.1 Å². The summed E-state index contributed by atoms with van der Waals surface area (Å²) in [5.74, 6) is 0.984. The molecule has 0 radical (unpaired) electrons. The number of anilines is 1. The Labute approximate surface area is 144 Å². The van der Waals surface area contributed by atoms with E-state index in [0.717, 1.165) is 23.5 Å². The van der Waals surface area contributed by atoms with Gasteiger partial charge in [-0.25, -0.2) is 0 Å². The van der Waals surface area contributed by atoms with Gasteiger partial charge in [-0.1, -0.05) is 18.2 Å². The summed E-state index contributed by atoms with van der Waals surface area (Å²) in [7, 11) is 0. The molecule has 126 valence electrons. The van der Waals surface area contributed by atoms with Gasteiger partial charge in [0.15, 0.2) is 0 Å². The molecule has 0 unspecified atom stereocenters. The summed E-state index contributed by atoms with van der Waals surface area (Å²) in [6, 6.07) is 16.2. The SMILES string of the molecule is CCOc1ccc(C=NNc2ccccc2)cc1CN1CCCC1. The van der Waals surface area contributed by atoms with Gasteiger partial charge in [-0.05, 0) is 68.8 Å². The average Bonchev–Trinajstić information content (AvgIpc) is 3.11. The summed E-state index contributed by atoms with van der Waals surface area (Å²) in [5, 5.41) is 4.33. The van der Waals surface area contributed by atoms with Crippen molar-refractivity contribution in [1.82, 2.24) is 4.90 Å². The third-order valence-electron chi connectivity index (χ3n) is 4.16. The average molecular weight is 323 g/mol. The fraction of sp³-hybridized carbons (Fsp3) is 0.350. The lowest BCUT2D eigenvalue weighted by Gasteiger charge is -2.18. The summed E-state index contributed by atoms with van der Waals surface area (Å²) in [4.78, 5) is 2.49. The van der Waals surface area contributed by atoms with Gasteiger partial charge in [0.2, 0.25) is 0 Å². The summed E-state index contributed by atoms with van der Waals surface area (Å²) in [5.41, 5.74) is 6.35. The highest BCUT2D eigenvalue weighted by molar-refractivity contribution is 5.81. The number of rotatable bonds is 7. The Kier molecular flexibility index (Phi) is 5.85. The van der Waals surface area contributed by atoms with Crippen molar-refractivity contribution in [3.63, 3.8) is 0 Å². The van der Waals surface area contributed by atoms with Crippen LogP contribution in [0.5, 0.6) is 5.75 Å². The molecule has 0 saturated carbocycles. The van der Waals surface area contributed by atoms with Gasteiger partial charge in [0.25, 0.3) is 0 Å². The van der Waals surface area contributed by atoms with Crippen molar-refractivity contribution in [3.05, 3.63) is 59.7 Å². The molecule has 2 aromatic rings. The maximum atomic E-state index is 5.79. The predicted octanol–water partition coefficient (Wildman–Crippen LogP) is 4.13. The second kappa shape index (κ2) is 8.50. The zero-order valence-electron chi connectivity index (χ0n) is 14.2. The fourth-order valence-corrected chi connectivity index (χ4v) is 2.98. The van der Waals surface area contributed by atoms with Crippen LogP contribution in [0.25, 0.3) is 0 Å². The summed E-state index contributed by atoms with van der Waals surface area (Å²) >= 11 is 0. The minimum atomic E-state index is 0.690. The Hall–Kier alpha value is -2.33. The van der Waals surface area contributed by atoms with E-state index in [1.54, 1.807) is 0 Å². The molecule has 0 aromatic heterocycles. The number of hydrazone groups is 1. The third kappa shape index (κ3) is 4.59. The first-order valence-corrected chi connectivity index (χ1v) is 8.67. The van der Waals surface area contributed by atoms with Crippen LogP contribution < -0.4 is 10.2 Å². The molecule has 0 aliphatic carbocycles. The lowest BCUT2D eigenvalue weighted by Crippen LogP contribution is -2.19. The van der Waals surface area contributed by atoms with Crippen LogP contribution in [0, 0.1) is 0 Å². The Morgan fingerprint density at radius 3 is 2.67 bits per heavy atom. The van der Waals surface area contributed by atoms with Crippen molar-refractivity contribution >= 4 is 11.9 Å². The second-order valence-electron chi connectivity index (χ2n) is 6.02. The quantitative estimate of drug-likeness (QED) is 0.615. The Morgan fingerprint density at radius 2 is 1.92 bits per heavy atom. The highest BCUT2D eigenvalue weighted by atomic mass is 16.5. The van der Waals surface area contributed by atoms with Gasteiger partial charge in [0.05, 0.1) is 18.5 Å². The number of nitrogens with zero attached hydrogens (tertiary/aromatic N) is 2. The van der Waals surface area contributed by atoms with Crippen LogP contribution in [-0.4, -0.2) is 30.8 Å². The Balaban J connectivity index is 1.70. The molecule has 0 atom stereocenters. The first-order valence-electron chi connectivity index (χ1n) is 8.67.